The number of hydrogen-bond acceptors (Lipinski definition) is 3. The van der Waals surface area contributed by atoms with Crippen LogP contribution < -0.4 is 5.32 Å². The van der Waals surface area contributed by atoms with Crippen molar-refractivity contribution >= 4 is 22.5 Å². The smallest absolute Gasteiger partial charge is 0.257 e. The second-order valence-corrected chi connectivity index (χ2v) is 5.58. The van der Waals surface area contributed by atoms with E-state index in [1.807, 2.05) is 38.1 Å². The second-order valence-electron chi connectivity index (χ2n) is 5.58. The minimum atomic E-state index is -0.197. The first-order chi connectivity index (χ1) is 11.6. The van der Waals surface area contributed by atoms with Crippen LogP contribution in [0.15, 0.2) is 48.5 Å². The average molecular weight is 315 g/mol. The highest BCUT2D eigenvalue weighted by Gasteiger charge is 2.18. The van der Waals surface area contributed by atoms with E-state index in [2.05, 4.69) is 16.4 Å². The van der Waals surface area contributed by atoms with Gasteiger partial charge in [-0.2, -0.15) is 5.26 Å². The molecule has 0 aliphatic heterocycles. The van der Waals surface area contributed by atoms with E-state index in [-0.39, 0.29) is 5.91 Å². The molecular weight excluding hydrogens is 298 g/mol. The normalized spacial score (nSPS) is 10.4. The highest BCUT2D eigenvalue weighted by molar-refractivity contribution is 6.08. The SMILES string of the molecule is CCc1nc2ccccc2c(C)c1C(=O)Nc1cccc(C#N)c1. The third-order valence-electron chi connectivity index (χ3n) is 4.04. The topological polar surface area (TPSA) is 65.8 Å². The maximum absolute atomic E-state index is 12.8. The quantitative estimate of drug-likeness (QED) is 0.786. The lowest BCUT2D eigenvalue weighted by atomic mass is 9.99. The first-order valence-corrected chi connectivity index (χ1v) is 7.83. The molecule has 0 aliphatic rings. The summed E-state index contributed by atoms with van der Waals surface area (Å²) in [6.45, 7) is 3.94. The van der Waals surface area contributed by atoms with Crippen molar-refractivity contribution in [2.45, 2.75) is 20.3 Å². The van der Waals surface area contributed by atoms with Crippen LogP contribution in [0.1, 0.15) is 34.1 Å². The number of nitrogens with zero attached hydrogens (tertiary/aromatic N) is 2. The number of para-hydroxylation sites is 1. The van der Waals surface area contributed by atoms with E-state index in [0.717, 1.165) is 22.2 Å². The first-order valence-electron chi connectivity index (χ1n) is 7.83. The monoisotopic (exact) mass is 315 g/mol. The number of nitrogens with one attached hydrogen (secondary N) is 1. The van der Waals surface area contributed by atoms with Gasteiger partial charge in [0.1, 0.15) is 0 Å². The predicted molar refractivity (Wildman–Crippen MR) is 95.0 cm³/mol. The van der Waals surface area contributed by atoms with Crippen molar-refractivity contribution in [3.05, 3.63) is 70.9 Å². The number of hydrogen-bond donors (Lipinski definition) is 1. The summed E-state index contributed by atoms with van der Waals surface area (Å²) in [5, 5.41) is 12.8. The zero-order valence-corrected chi connectivity index (χ0v) is 13.6. The number of carbonyl (C=O) groups is 1. The molecule has 0 saturated carbocycles. The Morgan fingerprint density at radius 1 is 1.21 bits per heavy atom. The highest BCUT2D eigenvalue weighted by atomic mass is 16.1. The Morgan fingerprint density at radius 2 is 2.00 bits per heavy atom. The Morgan fingerprint density at radius 3 is 2.75 bits per heavy atom. The molecule has 0 unspecified atom stereocenters. The summed E-state index contributed by atoms with van der Waals surface area (Å²) >= 11 is 0. The molecule has 1 N–H and O–H groups in total. The number of pyridine rings is 1. The minimum absolute atomic E-state index is 0.197. The maximum atomic E-state index is 12.8. The van der Waals surface area contributed by atoms with Crippen LogP contribution in [0, 0.1) is 18.3 Å². The van der Waals surface area contributed by atoms with Gasteiger partial charge >= 0.3 is 0 Å². The molecule has 0 radical (unpaired) electrons. The summed E-state index contributed by atoms with van der Waals surface area (Å²) in [7, 11) is 0. The van der Waals surface area contributed by atoms with Gasteiger partial charge in [0.05, 0.1) is 28.4 Å². The van der Waals surface area contributed by atoms with Gasteiger partial charge in [-0.3, -0.25) is 9.78 Å². The van der Waals surface area contributed by atoms with Crippen molar-refractivity contribution in [3.63, 3.8) is 0 Å². The molecule has 4 nitrogen and oxygen atoms in total. The van der Waals surface area contributed by atoms with Crippen molar-refractivity contribution in [1.82, 2.24) is 4.98 Å². The van der Waals surface area contributed by atoms with E-state index in [1.54, 1.807) is 24.3 Å². The summed E-state index contributed by atoms with van der Waals surface area (Å²) in [6.07, 6.45) is 0.673. The first kappa shape index (κ1) is 15.7. The molecule has 0 saturated heterocycles. The Balaban J connectivity index is 2.06. The van der Waals surface area contributed by atoms with E-state index >= 15 is 0 Å². The van der Waals surface area contributed by atoms with Gasteiger partial charge < -0.3 is 5.32 Å². The van der Waals surface area contributed by atoms with E-state index < -0.39 is 0 Å². The molecule has 24 heavy (non-hydrogen) atoms. The third kappa shape index (κ3) is 2.84. The molecule has 118 valence electrons. The van der Waals surface area contributed by atoms with E-state index in [9.17, 15) is 4.79 Å². The van der Waals surface area contributed by atoms with Crippen molar-refractivity contribution in [2.24, 2.45) is 0 Å². The number of fused-ring (bicyclic) bond motifs is 1. The molecule has 3 aromatic rings. The molecule has 0 bridgehead atoms. The number of amides is 1. The highest BCUT2D eigenvalue weighted by Crippen LogP contribution is 2.24. The van der Waals surface area contributed by atoms with Gasteiger partial charge in [-0.25, -0.2) is 0 Å². The number of aromatic nitrogens is 1. The zero-order valence-electron chi connectivity index (χ0n) is 13.6. The molecule has 0 atom stereocenters. The molecule has 0 fully saturated rings. The predicted octanol–water partition coefficient (Wildman–Crippen LogP) is 4.23. The van der Waals surface area contributed by atoms with Crippen molar-refractivity contribution in [3.8, 4) is 6.07 Å². The molecule has 0 spiro atoms. The average Bonchev–Trinajstić information content (AvgIpc) is 2.61. The largest absolute Gasteiger partial charge is 0.322 e. The molecule has 2 aromatic carbocycles. The summed E-state index contributed by atoms with van der Waals surface area (Å²) in [5.41, 5.74) is 4.32. The fraction of sp³-hybridized carbons (Fsp3) is 0.150. The van der Waals surface area contributed by atoms with Gasteiger partial charge in [-0.05, 0) is 43.2 Å². The summed E-state index contributed by atoms with van der Waals surface area (Å²) < 4.78 is 0. The van der Waals surface area contributed by atoms with Crippen LogP contribution in [0.4, 0.5) is 5.69 Å². The number of benzene rings is 2. The van der Waals surface area contributed by atoms with Gasteiger partial charge in [-0.1, -0.05) is 31.2 Å². The standard InChI is InChI=1S/C20H17N3O/c1-3-17-19(13(2)16-9-4-5-10-18(16)23-17)20(24)22-15-8-6-7-14(11-15)12-21/h4-11H,3H2,1-2H3,(H,22,24). The van der Waals surface area contributed by atoms with Crippen molar-refractivity contribution in [1.29, 1.82) is 5.26 Å². The Labute approximate surface area is 140 Å². The molecule has 3 rings (SSSR count). The van der Waals surface area contributed by atoms with Gasteiger partial charge in [0, 0.05) is 11.1 Å². The molecule has 4 heteroatoms. The van der Waals surface area contributed by atoms with Crippen LogP contribution in [-0.2, 0) is 6.42 Å². The maximum Gasteiger partial charge on any atom is 0.257 e. The number of anilines is 1. The van der Waals surface area contributed by atoms with Gasteiger partial charge in [0.15, 0.2) is 0 Å². The Bertz CT molecular complexity index is 970. The van der Waals surface area contributed by atoms with Gasteiger partial charge in [0.2, 0.25) is 0 Å². The van der Waals surface area contributed by atoms with Crippen LogP contribution in [-0.4, -0.2) is 10.9 Å². The van der Waals surface area contributed by atoms with Crippen molar-refractivity contribution in [2.75, 3.05) is 5.32 Å². The minimum Gasteiger partial charge on any atom is -0.322 e. The van der Waals surface area contributed by atoms with Crippen molar-refractivity contribution < 1.29 is 4.79 Å². The Hall–Kier alpha value is -3.19. The fourth-order valence-electron chi connectivity index (χ4n) is 2.86. The number of aryl methyl sites for hydroxylation is 2. The number of carbonyl (C=O) groups excluding carboxylic acids is 1. The van der Waals surface area contributed by atoms with Gasteiger partial charge in [-0.15, -0.1) is 0 Å². The molecule has 1 aromatic heterocycles. The summed E-state index contributed by atoms with van der Waals surface area (Å²) in [5.74, 6) is -0.197. The third-order valence-corrected chi connectivity index (χ3v) is 4.04. The lowest BCUT2D eigenvalue weighted by Crippen LogP contribution is -2.17. The van der Waals surface area contributed by atoms with Gasteiger partial charge in [0.25, 0.3) is 5.91 Å². The van der Waals surface area contributed by atoms with Crippen LogP contribution in [0.3, 0.4) is 0 Å². The summed E-state index contributed by atoms with van der Waals surface area (Å²) in [6, 6.07) is 16.8. The molecule has 0 aliphatic carbocycles. The van der Waals surface area contributed by atoms with E-state index in [0.29, 0.717) is 23.2 Å². The Kier molecular flexibility index (Phi) is 4.26. The number of rotatable bonds is 3. The second kappa shape index (κ2) is 6.51. The van der Waals surface area contributed by atoms with Crippen LogP contribution in [0.5, 0.6) is 0 Å². The molecular formula is C20H17N3O. The van der Waals surface area contributed by atoms with Crippen LogP contribution in [0.2, 0.25) is 0 Å². The van der Waals surface area contributed by atoms with E-state index in [4.69, 9.17) is 5.26 Å². The molecule has 1 amide bonds. The fourth-order valence-corrected chi connectivity index (χ4v) is 2.86. The van der Waals surface area contributed by atoms with Crippen LogP contribution >= 0.6 is 0 Å². The number of nitriles is 1. The summed E-state index contributed by atoms with van der Waals surface area (Å²) in [4.78, 5) is 17.5. The lowest BCUT2D eigenvalue weighted by Gasteiger charge is -2.14. The molecule has 1 heterocycles. The van der Waals surface area contributed by atoms with E-state index in [1.165, 1.54) is 0 Å². The van der Waals surface area contributed by atoms with Crippen LogP contribution in [0.25, 0.3) is 10.9 Å². The lowest BCUT2D eigenvalue weighted by molar-refractivity contribution is 0.102. The zero-order chi connectivity index (χ0) is 17.1.